The number of hydrogen-bond acceptors (Lipinski definition) is 4. The summed E-state index contributed by atoms with van der Waals surface area (Å²) < 4.78 is 0. The van der Waals surface area contributed by atoms with Crippen molar-refractivity contribution in [1.29, 1.82) is 0 Å². The van der Waals surface area contributed by atoms with Gasteiger partial charge in [-0.05, 0) is 17.7 Å². The SMILES string of the molecule is CN(Cc1cccc(O)c1)C(=O)C(N)CC(N)=O. The molecule has 0 saturated carbocycles. The normalized spacial score (nSPS) is 11.9. The van der Waals surface area contributed by atoms with Crippen LogP contribution in [-0.2, 0) is 16.1 Å². The Bertz CT molecular complexity index is 448. The van der Waals surface area contributed by atoms with Crippen LogP contribution >= 0.6 is 0 Å². The van der Waals surface area contributed by atoms with Crippen LogP contribution in [0.1, 0.15) is 12.0 Å². The standard InChI is InChI=1S/C12H17N3O3/c1-15(12(18)10(13)6-11(14)17)7-8-3-2-4-9(16)5-8/h2-5,10,16H,6-7,13H2,1H3,(H2,14,17). The number of carbonyl (C=O) groups excluding carboxylic acids is 2. The highest BCUT2D eigenvalue weighted by molar-refractivity contribution is 5.87. The van der Waals surface area contributed by atoms with Gasteiger partial charge in [-0.2, -0.15) is 0 Å². The number of likely N-dealkylation sites (N-methyl/N-ethyl adjacent to an activating group) is 1. The van der Waals surface area contributed by atoms with Crippen LogP contribution < -0.4 is 11.5 Å². The average molecular weight is 251 g/mol. The van der Waals surface area contributed by atoms with E-state index in [9.17, 15) is 14.7 Å². The minimum absolute atomic E-state index is 0.134. The number of amides is 2. The lowest BCUT2D eigenvalue weighted by molar-refractivity contribution is -0.133. The summed E-state index contributed by atoms with van der Waals surface area (Å²) in [4.78, 5) is 23.9. The van der Waals surface area contributed by atoms with E-state index in [1.807, 2.05) is 0 Å². The van der Waals surface area contributed by atoms with Gasteiger partial charge in [-0.25, -0.2) is 0 Å². The van der Waals surface area contributed by atoms with Crippen LogP contribution in [0.5, 0.6) is 5.75 Å². The third-order valence-electron chi connectivity index (χ3n) is 2.44. The highest BCUT2D eigenvalue weighted by Gasteiger charge is 2.19. The largest absolute Gasteiger partial charge is 0.508 e. The second-order valence-corrected chi connectivity index (χ2v) is 4.14. The van der Waals surface area contributed by atoms with Gasteiger partial charge in [0.25, 0.3) is 0 Å². The van der Waals surface area contributed by atoms with Crippen molar-refractivity contribution in [3.8, 4) is 5.75 Å². The molecule has 6 heteroatoms. The smallest absolute Gasteiger partial charge is 0.240 e. The molecule has 1 aromatic carbocycles. The molecule has 0 aromatic heterocycles. The summed E-state index contributed by atoms with van der Waals surface area (Å²) in [5, 5.41) is 9.30. The summed E-state index contributed by atoms with van der Waals surface area (Å²) >= 11 is 0. The molecule has 5 N–H and O–H groups in total. The molecule has 1 unspecified atom stereocenters. The van der Waals surface area contributed by atoms with Gasteiger partial charge in [0, 0.05) is 13.6 Å². The first-order valence-corrected chi connectivity index (χ1v) is 5.47. The summed E-state index contributed by atoms with van der Waals surface area (Å²) in [5.74, 6) is -0.839. The quantitative estimate of drug-likeness (QED) is 0.658. The fraction of sp³-hybridized carbons (Fsp3) is 0.333. The number of benzene rings is 1. The van der Waals surface area contributed by atoms with Gasteiger partial charge in [0.15, 0.2) is 0 Å². The molecular weight excluding hydrogens is 234 g/mol. The Labute approximate surface area is 105 Å². The zero-order chi connectivity index (χ0) is 13.7. The first-order chi connectivity index (χ1) is 8.40. The van der Waals surface area contributed by atoms with Gasteiger partial charge < -0.3 is 21.5 Å². The zero-order valence-corrected chi connectivity index (χ0v) is 10.2. The molecule has 18 heavy (non-hydrogen) atoms. The second-order valence-electron chi connectivity index (χ2n) is 4.14. The van der Waals surface area contributed by atoms with Crippen molar-refractivity contribution in [2.45, 2.75) is 19.0 Å². The van der Waals surface area contributed by atoms with Gasteiger partial charge in [0.1, 0.15) is 5.75 Å². The molecule has 0 fully saturated rings. The second kappa shape index (κ2) is 6.02. The van der Waals surface area contributed by atoms with Crippen LogP contribution in [0.3, 0.4) is 0 Å². The number of aromatic hydroxyl groups is 1. The van der Waals surface area contributed by atoms with Crippen LogP contribution in [0.2, 0.25) is 0 Å². The van der Waals surface area contributed by atoms with Crippen molar-refractivity contribution in [3.05, 3.63) is 29.8 Å². The Morgan fingerprint density at radius 2 is 2.11 bits per heavy atom. The van der Waals surface area contributed by atoms with E-state index in [2.05, 4.69) is 0 Å². The summed E-state index contributed by atoms with van der Waals surface area (Å²) in [6.45, 7) is 0.305. The lowest BCUT2D eigenvalue weighted by Crippen LogP contribution is -2.43. The molecule has 1 rings (SSSR count). The fourth-order valence-electron chi connectivity index (χ4n) is 1.59. The Morgan fingerprint density at radius 3 is 2.67 bits per heavy atom. The first kappa shape index (κ1) is 14.0. The maximum Gasteiger partial charge on any atom is 0.240 e. The van der Waals surface area contributed by atoms with Crippen molar-refractivity contribution >= 4 is 11.8 Å². The molecule has 0 aliphatic carbocycles. The van der Waals surface area contributed by atoms with Crippen LogP contribution in [-0.4, -0.2) is 34.9 Å². The van der Waals surface area contributed by atoms with E-state index >= 15 is 0 Å². The van der Waals surface area contributed by atoms with E-state index in [1.165, 1.54) is 4.90 Å². The number of carbonyl (C=O) groups is 2. The molecule has 2 amide bonds. The van der Waals surface area contributed by atoms with Crippen LogP contribution in [0.4, 0.5) is 0 Å². The molecule has 0 aliphatic rings. The van der Waals surface area contributed by atoms with Crippen LogP contribution in [0, 0.1) is 0 Å². The number of rotatable bonds is 5. The third-order valence-corrected chi connectivity index (χ3v) is 2.44. The molecule has 0 aliphatic heterocycles. The van der Waals surface area contributed by atoms with E-state index in [0.717, 1.165) is 5.56 Å². The van der Waals surface area contributed by atoms with Gasteiger partial charge in [-0.15, -0.1) is 0 Å². The topological polar surface area (TPSA) is 110 Å². The molecule has 1 atom stereocenters. The summed E-state index contributed by atoms with van der Waals surface area (Å²) in [6.07, 6.45) is -0.177. The molecule has 0 heterocycles. The van der Waals surface area contributed by atoms with Gasteiger partial charge in [-0.3, -0.25) is 9.59 Å². The maximum atomic E-state index is 11.8. The number of phenols is 1. The van der Waals surface area contributed by atoms with Gasteiger partial charge in [0.2, 0.25) is 11.8 Å². The molecule has 0 spiro atoms. The molecule has 0 bridgehead atoms. The molecule has 98 valence electrons. The average Bonchev–Trinajstić information content (AvgIpc) is 2.27. The Morgan fingerprint density at radius 1 is 1.44 bits per heavy atom. The lowest BCUT2D eigenvalue weighted by atomic mass is 10.1. The van der Waals surface area contributed by atoms with Gasteiger partial charge in [0.05, 0.1) is 12.5 Å². The molecule has 0 saturated heterocycles. The van der Waals surface area contributed by atoms with Crippen molar-refractivity contribution in [2.24, 2.45) is 11.5 Å². The van der Waals surface area contributed by atoms with Crippen molar-refractivity contribution < 1.29 is 14.7 Å². The van der Waals surface area contributed by atoms with E-state index in [4.69, 9.17) is 11.5 Å². The van der Waals surface area contributed by atoms with Crippen molar-refractivity contribution in [3.63, 3.8) is 0 Å². The molecule has 0 radical (unpaired) electrons. The number of nitrogens with zero attached hydrogens (tertiary/aromatic N) is 1. The zero-order valence-electron chi connectivity index (χ0n) is 10.2. The minimum atomic E-state index is -0.926. The van der Waals surface area contributed by atoms with E-state index in [1.54, 1.807) is 31.3 Å². The van der Waals surface area contributed by atoms with E-state index in [0.29, 0.717) is 6.54 Å². The lowest BCUT2D eigenvalue weighted by Gasteiger charge is -2.20. The van der Waals surface area contributed by atoms with Gasteiger partial charge >= 0.3 is 0 Å². The number of phenolic OH excluding ortho intramolecular Hbond substituents is 1. The molecule has 1 aromatic rings. The number of primary amides is 1. The van der Waals surface area contributed by atoms with Crippen molar-refractivity contribution in [2.75, 3.05) is 7.05 Å². The van der Waals surface area contributed by atoms with Crippen molar-refractivity contribution in [1.82, 2.24) is 4.90 Å². The predicted octanol–water partition coefficient (Wildman–Crippen LogP) is -0.447. The van der Waals surface area contributed by atoms with E-state index in [-0.39, 0.29) is 18.1 Å². The third kappa shape index (κ3) is 4.06. The summed E-state index contributed by atoms with van der Waals surface area (Å²) in [7, 11) is 1.58. The summed E-state index contributed by atoms with van der Waals surface area (Å²) in [6, 6.07) is 5.65. The first-order valence-electron chi connectivity index (χ1n) is 5.47. The summed E-state index contributed by atoms with van der Waals surface area (Å²) in [5.41, 5.74) is 11.3. The monoisotopic (exact) mass is 251 g/mol. The maximum absolute atomic E-state index is 11.8. The minimum Gasteiger partial charge on any atom is -0.508 e. The Balaban J connectivity index is 2.62. The number of hydrogen-bond donors (Lipinski definition) is 3. The Hall–Kier alpha value is -2.08. The number of nitrogens with two attached hydrogens (primary N) is 2. The predicted molar refractivity (Wildman–Crippen MR) is 66.4 cm³/mol. The van der Waals surface area contributed by atoms with Gasteiger partial charge in [-0.1, -0.05) is 12.1 Å². The highest BCUT2D eigenvalue weighted by Crippen LogP contribution is 2.12. The van der Waals surface area contributed by atoms with Crippen LogP contribution in [0.25, 0.3) is 0 Å². The molecular formula is C12H17N3O3. The molecule has 6 nitrogen and oxygen atoms in total. The van der Waals surface area contributed by atoms with Crippen LogP contribution in [0.15, 0.2) is 24.3 Å². The van der Waals surface area contributed by atoms with E-state index < -0.39 is 11.9 Å². The Kier molecular flexibility index (Phi) is 4.67. The highest BCUT2D eigenvalue weighted by atomic mass is 16.3. The fourth-order valence-corrected chi connectivity index (χ4v) is 1.59.